The highest BCUT2D eigenvalue weighted by molar-refractivity contribution is 6.31. The van der Waals surface area contributed by atoms with Crippen LogP contribution in [0, 0.1) is 0 Å². The first kappa shape index (κ1) is 43.0. The molecule has 20 nitrogen and oxygen atoms in total. The third-order valence-corrected chi connectivity index (χ3v) is 12.6. The summed E-state index contributed by atoms with van der Waals surface area (Å²) in [6.07, 6.45) is -5.04. The van der Waals surface area contributed by atoms with Gasteiger partial charge in [0.05, 0.1) is 49.3 Å². The predicted molar refractivity (Wildman–Crippen MR) is 216 cm³/mol. The van der Waals surface area contributed by atoms with E-state index in [1.54, 1.807) is 31.2 Å². The molecule has 3 fully saturated rings. The van der Waals surface area contributed by atoms with Crippen LogP contribution in [0.4, 0.5) is 10.5 Å². The topological polar surface area (TPSA) is 269 Å². The molecule has 6 aliphatic rings. The molecule has 9 rings (SSSR count). The number of phenolic OH excluding ortho intramolecular Hbond substituents is 2. The zero-order valence-electron chi connectivity index (χ0n) is 34.5. The molecule has 6 N–H and O–H groups in total. The number of Topliss-reactive ketones (excluding diaryl/α,β-unsaturated/α-hetero) is 1. The van der Waals surface area contributed by atoms with Gasteiger partial charge >= 0.3 is 6.09 Å². The van der Waals surface area contributed by atoms with Crippen molar-refractivity contribution in [1.82, 2.24) is 15.1 Å². The Morgan fingerprint density at radius 2 is 1.69 bits per heavy atom. The molecular formula is C44H44N4O16. The molecule has 2 aliphatic carbocycles. The molecule has 3 aromatic rings. The van der Waals surface area contributed by atoms with Gasteiger partial charge in [-0.15, -0.1) is 0 Å². The number of carbonyl (C=O) groups excluding carboxylic acids is 6. The highest BCUT2D eigenvalue weighted by Gasteiger charge is 2.56. The van der Waals surface area contributed by atoms with Gasteiger partial charge in [0.25, 0.3) is 11.8 Å². The molecular weight excluding hydrogens is 840 g/mol. The highest BCUT2D eigenvalue weighted by Crippen LogP contribution is 2.53. The Hall–Kier alpha value is -6.26. The number of hydrogen-bond donors (Lipinski definition) is 6. The number of aromatic hydroxyl groups is 2. The van der Waals surface area contributed by atoms with Crippen molar-refractivity contribution in [1.29, 1.82) is 0 Å². The maximum absolute atomic E-state index is 14.1. The van der Waals surface area contributed by atoms with Gasteiger partial charge in [-0.3, -0.25) is 33.8 Å². The van der Waals surface area contributed by atoms with Gasteiger partial charge in [0.1, 0.15) is 35.6 Å². The van der Waals surface area contributed by atoms with Crippen molar-refractivity contribution in [3.63, 3.8) is 0 Å². The third-order valence-electron chi connectivity index (χ3n) is 12.6. The van der Waals surface area contributed by atoms with Crippen molar-refractivity contribution in [2.24, 2.45) is 0 Å². The lowest BCUT2D eigenvalue weighted by atomic mass is 9.72. The Morgan fingerprint density at radius 1 is 0.953 bits per heavy atom. The minimum Gasteiger partial charge on any atom is -0.507 e. The maximum atomic E-state index is 14.1. The molecule has 4 heterocycles. The molecule has 3 saturated heterocycles. The second-order valence-corrected chi connectivity index (χ2v) is 16.3. The number of hydrogen-bond acceptors (Lipinski definition) is 18. The Bertz CT molecular complexity index is 2480. The van der Waals surface area contributed by atoms with E-state index in [1.807, 2.05) is 4.90 Å². The Balaban J connectivity index is 0.892. The van der Waals surface area contributed by atoms with Crippen molar-refractivity contribution in [2.75, 3.05) is 38.9 Å². The maximum Gasteiger partial charge on any atom is 0.409 e. The molecule has 8 atom stereocenters. The Labute approximate surface area is 364 Å². The van der Waals surface area contributed by atoms with Crippen molar-refractivity contribution >= 4 is 40.9 Å². The molecule has 0 radical (unpaired) electrons. The van der Waals surface area contributed by atoms with Crippen LogP contribution in [0.15, 0.2) is 54.6 Å². The Kier molecular flexibility index (Phi) is 11.2. The fraction of sp³-hybridized carbons (Fsp3) is 0.409. The molecule has 3 aromatic carbocycles. The van der Waals surface area contributed by atoms with Gasteiger partial charge in [0.2, 0.25) is 12.1 Å². The predicted octanol–water partition coefficient (Wildman–Crippen LogP) is 1.29. The summed E-state index contributed by atoms with van der Waals surface area (Å²) in [6.45, 7) is 1.34. The number of alkyl carbamates (subject to hydrolysis) is 1. The van der Waals surface area contributed by atoms with E-state index in [0.717, 1.165) is 10.5 Å². The minimum absolute atomic E-state index is 0.000904. The number of methoxy groups -OCH3 is 1. The molecule has 336 valence electrons. The van der Waals surface area contributed by atoms with Crippen LogP contribution < -0.4 is 15.4 Å². The number of rotatable bonds is 11. The summed E-state index contributed by atoms with van der Waals surface area (Å²) >= 11 is 0. The quantitative estimate of drug-likeness (QED) is 0.0915. The lowest BCUT2D eigenvalue weighted by Gasteiger charge is -2.43. The first-order chi connectivity index (χ1) is 30.7. The van der Waals surface area contributed by atoms with Crippen LogP contribution in [0.2, 0.25) is 0 Å². The summed E-state index contributed by atoms with van der Waals surface area (Å²) in [7, 11) is 1.32. The van der Waals surface area contributed by atoms with Crippen molar-refractivity contribution < 1.29 is 77.6 Å². The molecule has 0 unspecified atom stereocenters. The van der Waals surface area contributed by atoms with E-state index < -0.39 is 126 Å². The van der Waals surface area contributed by atoms with E-state index in [0.29, 0.717) is 12.2 Å². The number of aliphatic hydroxyl groups is 2. The number of aliphatic hydroxyl groups excluding tert-OH is 1. The van der Waals surface area contributed by atoms with Gasteiger partial charge in [-0.25, -0.2) is 4.79 Å². The van der Waals surface area contributed by atoms with Crippen molar-refractivity contribution in [3.8, 4) is 17.2 Å². The van der Waals surface area contributed by atoms with Crippen LogP contribution in [-0.4, -0.2) is 142 Å². The number of nitrogens with one attached hydrogen (secondary N) is 2. The molecule has 20 heteroatoms. The number of morpholine rings is 1. The van der Waals surface area contributed by atoms with Crippen LogP contribution in [-0.2, 0) is 51.0 Å². The lowest BCUT2D eigenvalue weighted by molar-refractivity contribution is -0.252. The summed E-state index contributed by atoms with van der Waals surface area (Å²) in [5.41, 5.74) is -2.45. The van der Waals surface area contributed by atoms with Gasteiger partial charge in [-0.1, -0.05) is 24.3 Å². The fourth-order valence-electron chi connectivity index (χ4n) is 9.42. The molecule has 0 saturated carbocycles. The summed E-state index contributed by atoms with van der Waals surface area (Å²) in [4.78, 5) is 80.6. The van der Waals surface area contributed by atoms with Crippen LogP contribution >= 0.6 is 0 Å². The number of ketones is 3. The smallest absolute Gasteiger partial charge is 0.409 e. The molecule has 64 heavy (non-hydrogen) atoms. The zero-order chi connectivity index (χ0) is 45.2. The van der Waals surface area contributed by atoms with Crippen LogP contribution in [0.3, 0.4) is 0 Å². The second kappa shape index (κ2) is 16.7. The van der Waals surface area contributed by atoms with E-state index in [1.165, 1.54) is 37.5 Å². The van der Waals surface area contributed by atoms with Gasteiger partial charge < -0.3 is 59.5 Å². The van der Waals surface area contributed by atoms with Gasteiger partial charge in [-0.05, 0) is 30.7 Å². The number of imide groups is 1. The number of amides is 3. The van der Waals surface area contributed by atoms with Crippen LogP contribution in [0.1, 0.15) is 74.4 Å². The average Bonchev–Trinajstić information content (AvgIpc) is 3.83. The second-order valence-electron chi connectivity index (χ2n) is 16.3. The molecule has 3 amide bonds. The van der Waals surface area contributed by atoms with Gasteiger partial charge in [0.15, 0.2) is 24.1 Å². The van der Waals surface area contributed by atoms with E-state index >= 15 is 0 Å². The van der Waals surface area contributed by atoms with Gasteiger partial charge in [0, 0.05) is 72.9 Å². The number of nitrogens with zero attached hydrogens (tertiary/aromatic N) is 2. The zero-order valence-corrected chi connectivity index (χ0v) is 34.5. The summed E-state index contributed by atoms with van der Waals surface area (Å²) in [6, 6.07) is 10.9. The number of fused-ring (bicyclic) bond motifs is 6. The average molecular weight is 885 g/mol. The highest BCUT2D eigenvalue weighted by atomic mass is 16.7. The number of carbonyl (C=O) groups is 6. The van der Waals surface area contributed by atoms with E-state index in [4.69, 9.17) is 28.4 Å². The summed E-state index contributed by atoms with van der Waals surface area (Å²) in [5.74, 6) is -4.72. The van der Waals surface area contributed by atoms with E-state index in [2.05, 4.69) is 10.6 Å². The molecule has 0 bridgehead atoms. The number of phenols is 2. The minimum atomic E-state index is -2.32. The molecule has 0 aromatic heterocycles. The van der Waals surface area contributed by atoms with Crippen LogP contribution in [0.25, 0.3) is 0 Å². The molecule has 4 aliphatic heterocycles. The first-order valence-corrected chi connectivity index (χ1v) is 20.6. The number of benzene rings is 3. The first-order valence-electron chi connectivity index (χ1n) is 20.6. The fourth-order valence-corrected chi connectivity index (χ4v) is 9.42. The van der Waals surface area contributed by atoms with E-state index in [9.17, 15) is 49.2 Å². The summed E-state index contributed by atoms with van der Waals surface area (Å²) < 4.78 is 36.0. The van der Waals surface area contributed by atoms with Crippen molar-refractivity contribution in [2.45, 2.75) is 81.5 Å². The summed E-state index contributed by atoms with van der Waals surface area (Å²) in [5, 5.41) is 50.9. The monoisotopic (exact) mass is 884 g/mol. The van der Waals surface area contributed by atoms with Crippen LogP contribution in [0.5, 0.6) is 17.2 Å². The standard InChI is InChI=1S/C44H44N4O16/c1-20-40-25(47-12-13-60-42(41(47)63-40)64-43(57)45-17-21-6-8-22(9-7-21)46-19-48-29(51)10-11-30(48)52)14-31(61-20)62-27-16-44(58,28(50)18-49)15-24-33(27)39(56)35-34(37(24)54)36(53)23-4-3-5-26(59-2)32(23)38(35)55/h3-11,20,25,27,31,40-42,46,49,54,56,58H,12-19H2,1-2H3,(H,45,57)/t20-,25-,27-,31-,40+,41+,42+,44-/m0/s1. The normalized spacial score (nSPS) is 28.2. The largest absolute Gasteiger partial charge is 0.507 e. The number of anilines is 1. The van der Waals surface area contributed by atoms with Gasteiger partial charge in [-0.2, -0.15) is 0 Å². The van der Waals surface area contributed by atoms with E-state index in [-0.39, 0.29) is 54.2 Å². The molecule has 0 spiro atoms. The number of ether oxygens (including phenoxy) is 6. The van der Waals surface area contributed by atoms with Crippen molar-refractivity contribution in [3.05, 3.63) is 93.6 Å². The SMILES string of the molecule is COc1cccc2c1C(=O)c1c(O)c3c(c(O)c1C2=O)C[C@@](O)(C(=O)CO)C[C@@H]3O[C@H]1C[C@H]2[C@H](O[C@@H]3[C@@H](OC(=O)NCc4ccc(NCN5C(=O)C=CC5=O)cc4)OCCN32)[C@H](C)O1. The third kappa shape index (κ3) is 7.35. The lowest BCUT2D eigenvalue weighted by Crippen LogP contribution is -2.55. The Morgan fingerprint density at radius 3 is 2.41 bits per heavy atom.